The van der Waals surface area contributed by atoms with Gasteiger partial charge in [-0.3, -0.25) is 19.9 Å². The molecule has 1 amide bonds. The molecule has 0 atom stereocenters. The third-order valence-electron chi connectivity index (χ3n) is 7.44. The van der Waals surface area contributed by atoms with Gasteiger partial charge in [0.05, 0.1) is 31.8 Å². The summed E-state index contributed by atoms with van der Waals surface area (Å²) in [6, 6.07) is 18.6. The Hall–Kier alpha value is -4.73. The quantitative estimate of drug-likeness (QED) is 0.384. The second-order valence-corrected chi connectivity index (χ2v) is 9.71. The number of aromatic nitrogens is 4. The summed E-state index contributed by atoms with van der Waals surface area (Å²) in [5.41, 5.74) is 2.73. The average molecular weight is 525 g/mol. The SMILES string of the molecule is COc1cc(C(=O)N2CCC3(CC2)CC(=O)c2cc(-c4nnn[n-]4)ccc2O3)cc(OC)c1-c1ccccc1. The number of fused-ring (bicyclic) bond motifs is 1. The van der Waals surface area contributed by atoms with E-state index in [-0.39, 0.29) is 18.1 Å². The number of likely N-dealkylation sites (tertiary alicyclic amines) is 1. The number of benzene rings is 3. The van der Waals surface area contributed by atoms with Crippen molar-refractivity contribution in [2.75, 3.05) is 27.3 Å². The Bertz CT molecular complexity index is 1500. The maximum atomic E-state index is 13.6. The number of amides is 1. The Labute approximate surface area is 224 Å². The normalized spacial score (nSPS) is 15.9. The molecule has 1 aromatic heterocycles. The molecule has 10 nitrogen and oxygen atoms in total. The number of hydrogen-bond donors (Lipinski definition) is 0. The lowest BCUT2D eigenvalue weighted by atomic mass is 9.82. The van der Waals surface area contributed by atoms with E-state index in [0.717, 1.165) is 11.1 Å². The summed E-state index contributed by atoms with van der Waals surface area (Å²) in [7, 11) is 3.16. The van der Waals surface area contributed by atoms with Crippen molar-refractivity contribution in [2.45, 2.75) is 24.9 Å². The van der Waals surface area contributed by atoms with E-state index in [1.54, 1.807) is 49.5 Å². The molecule has 3 aromatic carbocycles. The zero-order valence-electron chi connectivity index (χ0n) is 21.6. The monoisotopic (exact) mass is 524 g/mol. The van der Waals surface area contributed by atoms with E-state index in [2.05, 4.69) is 20.6 Å². The zero-order valence-corrected chi connectivity index (χ0v) is 21.6. The number of methoxy groups -OCH3 is 2. The summed E-state index contributed by atoms with van der Waals surface area (Å²) in [6.45, 7) is 0.923. The topological polar surface area (TPSA) is 118 Å². The van der Waals surface area contributed by atoms with Crippen LogP contribution in [-0.2, 0) is 0 Å². The maximum absolute atomic E-state index is 13.6. The first-order valence-electron chi connectivity index (χ1n) is 12.7. The number of carbonyl (C=O) groups excluding carboxylic acids is 2. The molecule has 198 valence electrons. The largest absolute Gasteiger partial charge is 0.496 e. The molecule has 0 unspecified atom stereocenters. The van der Waals surface area contributed by atoms with Gasteiger partial charge in [-0.15, -0.1) is 0 Å². The Morgan fingerprint density at radius 1 is 0.974 bits per heavy atom. The number of nitrogens with zero attached hydrogens (tertiary/aromatic N) is 5. The van der Waals surface area contributed by atoms with E-state index in [0.29, 0.717) is 65.7 Å². The molecule has 4 aromatic rings. The minimum Gasteiger partial charge on any atom is -0.496 e. The molecule has 1 saturated heterocycles. The number of tetrazole rings is 1. The number of rotatable bonds is 5. The highest BCUT2D eigenvalue weighted by Gasteiger charge is 2.44. The summed E-state index contributed by atoms with van der Waals surface area (Å²) in [4.78, 5) is 28.5. The summed E-state index contributed by atoms with van der Waals surface area (Å²) >= 11 is 0. The lowest BCUT2D eigenvalue weighted by molar-refractivity contribution is -0.00571. The Kier molecular flexibility index (Phi) is 6.22. The first-order chi connectivity index (χ1) is 19.0. The van der Waals surface area contributed by atoms with Gasteiger partial charge in [0.1, 0.15) is 22.8 Å². The van der Waals surface area contributed by atoms with Crippen LogP contribution in [0.25, 0.3) is 22.5 Å². The van der Waals surface area contributed by atoms with Crippen LogP contribution in [0.15, 0.2) is 60.7 Å². The van der Waals surface area contributed by atoms with Crippen molar-refractivity contribution in [3.63, 3.8) is 0 Å². The molecule has 10 heteroatoms. The molecule has 2 aliphatic rings. The fourth-order valence-corrected chi connectivity index (χ4v) is 5.40. The predicted molar refractivity (Wildman–Crippen MR) is 141 cm³/mol. The van der Waals surface area contributed by atoms with Gasteiger partial charge in [0, 0.05) is 37.3 Å². The van der Waals surface area contributed by atoms with Crippen molar-refractivity contribution in [3.05, 3.63) is 71.8 Å². The molecule has 0 saturated carbocycles. The molecule has 3 heterocycles. The fourth-order valence-electron chi connectivity index (χ4n) is 5.40. The molecule has 6 rings (SSSR count). The van der Waals surface area contributed by atoms with Gasteiger partial charge in [0.25, 0.3) is 5.91 Å². The number of piperidine rings is 1. The second kappa shape index (κ2) is 9.86. The molecule has 0 bridgehead atoms. The van der Waals surface area contributed by atoms with Crippen LogP contribution in [0.2, 0.25) is 0 Å². The fraction of sp³-hybridized carbons (Fsp3) is 0.276. The van der Waals surface area contributed by atoms with Crippen molar-refractivity contribution < 1.29 is 23.8 Å². The Morgan fingerprint density at radius 3 is 2.33 bits per heavy atom. The molecule has 0 aliphatic carbocycles. The number of hydrogen-bond acceptors (Lipinski definition) is 8. The van der Waals surface area contributed by atoms with Gasteiger partial charge < -0.3 is 24.2 Å². The summed E-state index contributed by atoms with van der Waals surface area (Å²) in [6.07, 6.45) is 1.33. The third kappa shape index (κ3) is 4.47. The molecule has 2 aliphatic heterocycles. The number of ether oxygens (including phenoxy) is 3. The first-order valence-corrected chi connectivity index (χ1v) is 12.7. The van der Waals surface area contributed by atoms with Crippen molar-refractivity contribution in [1.82, 2.24) is 25.5 Å². The standard InChI is InChI=1S/C29H26N5O5/c1-37-24-15-20(16-25(38-2)26(24)18-6-4-3-5-7-18)28(36)34-12-10-29(11-13-34)17-22(35)21-14-19(8-9-23(21)39-29)27-30-32-33-31-27/h3-9,14-16H,10-13,17H2,1-2H3/q-1. The lowest BCUT2D eigenvalue weighted by Gasteiger charge is -2.44. The molecule has 0 N–H and O–H groups in total. The van der Waals surface area contributed by atoms with Gasteiger partial charge in [-0.05, 0) is 35.4 Å². The number of carbonyl (C=O) groups is 2. The second-order valence-electron chi connectivity index (χ2n) is 9.71. The van der Waals surface area contributed by atoms with E-state index < -0.39 is 5.60 Å². The van der Waals surface area contributed by atoms with Crippen LogP contribution in [-0.4, -0.2) is 65.0 Å². The zero-order chi connectivity index (χ0) is 27.0. The van der Waals surface area contributed by atoms with Crippen LogP contribution in [0.4, 0.5) is 0 Å². The van der Waals surface area contributed by atoms with Gasteiger partial charge in [-0.1, -0.05) is 36.4 Å². The van der Waals surface area contributed by atoms with E-state index in [9.17, 15) is 9.59 Å². The Balaban J connectivity index is 1.20. The third-order valence-corrected chi connectivity index (χ3v) is 7.44. The van der Waals surface area contributed by atoms with Gasteiger partial charge in [0.15, 0.2) is 5.78 Å². The minimum atomic E-state index is -0.644. The smallest absolute Gasteiger partial charge is 0.254 e. The van der Waals surface area contributed by atoms with Crippen LogP contribution in [0.1, 0.15) is 40.0 Å². The summed E-state index contributed by atoms with van der Waals surface area (Å²) in [5, 5.41) is 14.7. The molecule has 0 radical (unpaired) electrons. The van der Waals surface area contributed by atoms with Crippen molar-refractivity contribution in [1.29, 1.82) is 0 Å². The van der Waals surface area contributed by atoms with Crippen LogP contribution in [0, 0.1) is 0 Å². The van der Waals surface area contributed by atoms with E-state index in [1.807, 2.05) is 30.3 Å². The van der Waals surface area contributed by atoms with Gasteiger partial charge in [0.2, 0.25) is 0 Å². The van der Waals surface area contributed by atoms with Crippen LogP contribution in [0.3, 0.4) is 0 Å². The highest BCUT2D eigenvalue weighted by Crippen LogP contribution is 2.42. The van der Waals surface area contributed by atoms with Crippen molar-refractivity contribution >= 4 is 11.7 Å². The molecular formula is C29H26N5O5-. The van der Waals surface area contributed by atoms with Crippen LogP contribution >= 0.6 is 0 Å². The number of ketones is 1. The summed E-state index contributed by atoms with van der Waals surface area (Å²) in [5.74, 6) is 1.90. The number of Topliss-reactive ketones (excluding diaryl/α,β-unsaturated/α-hetero) is 1. The Morgan fingerprint density at radius 2 is 1.69 bits per heavy atom. The maximum Gasteiger partial charge on any atom is 0.254 e. The molecule has 1 spiro atoms. The molecule has 1 fully saturated rings. The van der Waals surface area contributed by atoms with Crippen LogP contribution < -0.4 is 19.3 Å². The highest BCUT2D eigenvalue weighted by atomic mass is 16.5. The summed E-state index contributed by atoms with van der Waals surface area (Å²) < 4.78 is 17.7. The minimum absolute atomic E-state index is 0.00340. The van der Waals surface area contributed by atoms with Crippen molar-refractivity contribution in [2.24, 2.45) is 0 Å². The van der Waals surface area contributed by atoms with Gasteiger partial charge in [-0.25, -0.2) is 0 Å². The average Bonchev–Trinajstić information content (AvgIpc) is 3.52. The molecule has 39 heavy (non-hydrogen) atoms. The lowest BCUT2D eigenvalue weighted by Crippen LogP contribution is -2.52. The van der Waals surface area contributed by atoms with Crippen LogP contribution in [0.5, 0.6) is 17.2 Å². The van der Waals surface area contributed by atoms with E-state index in [1.165, 1.54) is 0 Å². The molecular weight excluding hydrogens is 498 g/mol. The van der Waals surface area contributed by atoms with E-state index in [4.69, 9.17) is 14.2 Å². The van der Waals surface area contributed by atoms with Gasteiger partial charge >= 0.3 is 0 Å². The van der Waals surface area contributed by atoms with Crippen molar-refractivity contribution in [3.8, 4) is 39.8 Å². The van der Waals surface area contributed by atoms with E-state index >= 15 is 0 Å². The van der Waals surface area contributed by atoms with Gasteiger partial charge in [-0.2, -0.15) is 5.21 Å². The highest BCUT2D eigenvalue weighted by molar-refractivity contribution is 6.01. The predicted octanol–water partition coefficient (Wildman–Crippen LogP) is 3.82. The first kappa shape index (κ1) is 24.6.